The molecule has 0 unspecified atom stereocenters. The van der Waals surface area contributed by atoms with E-state index in [-0.39, 0.29) is 17.7 Å². The maximum atomic E-state index is 12.1. The van der Waals surface area contributed by atoms with Gasteiger partial charge < -0.3 is 10.2 Å². The van der Waals surface area contributed by atoms with Gasteiger partial charge in [0.25, 0.3) is 5.24 Å². The van der Waals surface area contributed by atoms with Crippen LogP contribution in [-0.4, -0.2) is 58.9 Å². The predicted octanol–water partition coefficient (Wildman–Crippen LogP) is 2.11. The third-order valence-electron chi connectivity index (χ3n) is 4.86. The summed E-state index contributed by atoms with van der Waals surface area (Å²) in [5.41, 5.74) is 2.84. The van der Waals surface area contributed by atoms with Crippen LogP contribution in [0.25, 0.3) is 0 Å². The Morgan fingerprint density at radius 1 is 1.29 bits per heavy atom. The highest BCUT2D eigenvalue weighted by atomic mass is 32.2. The van der Waals surface area contributed by atoms with Crippen LogP contribution in [0.4, 0.5) is 4.79 Å². The van der Waals surface area contributed by atoms with E-state index >= 15 is 0 Å². The van der Waals surface area contributed by atoms with Crippen molar-refractivity contribution >= 4 is 22.9 Å². The molecule has 1 atom stereocenters. The number of nitrogens with one attached hydrogen (secondary N) is 1. The van der Waals surface area contributed by atoms with Crippen LogP contribution in [0.2, 0.25) is 0 Å². The Balaban J connectivity index is 1.50. The van der Waals surface area contributed by atoms with Crippen molar-refractivity contribution in [2.24, 2.45) is 0 Å². The average Bonchev–Trinajstić information content (AvgIpc) is 3.00. The van der Waals surface area contributed by atoms with Crippen molar-refractivity contribution in [3.05, 3.63) is 35.4 Å². The van der Waals surface area contributed by atoms with Crippen LogP contribution in [0, 0.1) is 0 Å². The molecular weight excluding hydrogens is 322 g/mol. The summed E-state index contributed by atoms with van der Waals surface area (Å²) in [6, 6.07) is 8.94. The number of hydrogen-bond donors (Lipinski definition) is 1. The van der Waals surface area contributed by atoms with Gasteiger partial charge in [0.15, 0.2) is 0 Å². The second-order valence-electron chi connectivity index (χ2n) is 6.39. The second kappa shape index (κ2) is 8.03. The van der Waals surface area contributed by atoms with E-state index in [0.717, 1.165) is 31.7 Å². The standard InChI is InChI=1S/C18H25N3O2S/c1-2-16(11-19-17(22)13-21-9-10-24-18(21)23)20-8-7-14-5-3-4-6-15(14)12-20/h3-6,16H,2,7-13H2,1H3,(H,19,22)/t16-/m1/s1. The summed E-state index contributed by atoms with van der Waals surface area (Å²) in [5.74, 6) is 0.735. The normalized spacial score (nSPS) is 19.2. The van der Waals surface area contributed by atoms with Gasteiger partial charge in [0, 0.05) is 38.0 Å². The van der Waals surface area contributed by atoms with E-state index in [0.29, 0.717) is 19.1 Å². The maximum absolute atomic E-state index is 12.1. The van der Waals surface area contributed by atoms with E-state index in [1.807, 2.05) is 0 Å². The van der Waals surface area contributed by atoms with Crippen molar-refractivity contribution in [2.45, 2.75) is 32.4 Å². The fourth-order valence-corrected chi connectivity index (χ4v) is 4.22. The number of benzene rings is 1. The van der Waals surface area contributed by atoms with Crippen LogP contribution in [0.1, 0.15) is 24.5 Å². The molecule has 5 nitrogen and oxygen atoms in total. The molecule has 1 saturated heterocycles. The molecule has 2 aliphatic heterocycles. The van der Waals surface area contributed by atoms with Gasteiger partial charge in [0.2, 0.25) is 5.91 Å². The summed E-state index contributed by atoms with van der Waals surface area (Å²) < 4.78 is 0. The molecule has 0 aromatic heterocycles. The van der Waals surface area contributed by atoms with Gasteiger partial charge in [-0.1, -0.05) is 43.0 Å². The van der Waals surface area contributed by atoms with E-state index in [1.54, 1.807) is 4.90 Å². The number of carbonyl (C=O) groups is 2. The molecule has 2 amide bonds. The van der Waals surface area contributed by atoms with E-state index in [4.69, 9.17) is 0 Å². The van der Waals surface area contributed by atoms with Crippen molar-refractivity contribution < 1.29 is 9.59 Å². The van der Waals surface area contributed by atoms with E-state index in [1.165, 1.54) is 22.9 Å². The van der Waals surface area contributed by atoms with Gasteiger partial charge in [-0.05, 0) is 24.0 Å². The Hall–Kier alpha value is -1.53. The molecule has 0 spiro atoms. The Bertz CT molecular complexity index is 608. The molecule has 0 radical (unpaired) electrons. The van der Waals surface area contributed by atoms with Crippen LogP contribution in [0.5, 0.6) is 0 Å². The summed E-state index contributed by atoms with van der Waals surface area (Å²) in [7, 11) is 0. The monoisotopic (exact) mass is 347 g/mol. The quantitative estimate of drug-likeness (QED) is 0.856. The SMILES string of the molecule is CC[C@H](CNC(=O)CN1CCSC1=O)N1CCc2ccccc2C1. The lowest BCUT2D eigenvalue weighted by Crippen LogP contribution is -2.47. The molecule has 1 aromatic carbocycles. The van der Waals surface area contributed by atoms with Crippen LogP contribution in [0.15, 0.2) is 24.3 Å². The topological polar surface area (TPSA) is 52.7 Å². The Kier molecular flexibility index (Phi) is 5.79. The Morgan fingerprint density at radius 3 is 2.79 bits per heavy atom. The van der Waals surface area contributed by atoms with Gasteiger partial charge >= 0.3 is 0 Å². The molecule has 1 N–H and O–H groups in total. The molecule has 24 heavy (non-hydrogen) atoms. The minimum Gasteiger partial charge on any atom is -0.353 e. The zero-order valence-corrected chi connectivity index (χ0v) is 15.0. The Labute approximate surface area is 147 Å². The van der Waals surface area contributed by atoms with Crippen LogP contribution in [0.3, 0.4) is 0 Å². The molecule has 130 valence electrons. The zero-order chi connectivity index (χ0) is 16.9. The van der Waals surface area contributed by atoms with E-state index in [2.05, 4.69) is 41.4 Å². The highest BCUT2D eigenvalue weighted by Crippen LogP contribution is 2.21. The van der Waals surface area contributed by atoms with Gasteiger partial charge in [0.05, 0.1) is 0 Å². The maximum Gasteiger partial charge on any atom is 0.282 e. The van der Waals surface area contributed by atoms with Crippen LogP contribution in [-0.2, 0) is 17.8 Å². The number of fused-ring (bicyclic) bond motifs is 1. The third-order valence-corrected chi connectivity index (χ3v) is 5.75. The molecule has 1 fully saturated rings. The first-order valence-electron chi connectivity index (χ1n) is 8.66. The Morgan fingerprint density at radius 2 is 2.08 bits per heavy atom. The highest BCUT2D eigenvalue weighted by Gasteiger charge is 2.25. The molecule has 2 aliphatic rings. The number of thioether (sulfide) groups is 1. The molecule has 0 saturated carbocycles. The molecule has 0 bridgehead atoms. The van der Waals surface area contributed by atoms with Gasteiger partial charge in [-0.3, -0.25) is 14.5 Å². The number of hydrogen-bond acceptors (Lipinski definition) is 4. The van der Waals surface area contributed by atoms with E-state index < -0.39 is 0 Å². The molecule has 1 aromatic rings. The van der Waals surface area contributed by atoms with Crippen molar-refractivity contribution in [3.8, 4) is 0 Å². The van der Waals surface area contributed by atoms with Crippen LogP contribution >= 0.6 is 11.8 Å². The largest absolute Gasteiger partial charge is 0.353 e. The first-order valence-corrected chi connectivity index (χ1v) is 9.65. The average molecular weight is 347 g/mol. The van der Waals surface area contributed by atoms with Gasteiger partial charge in [-0.2, -0.15) is 0 Å². The minimum absolute atomic E-state index is 0.0184. The number of carbonyl (C=O) groups excluding carboxylic acids is 2. The minimum atomic E-state index is -0.0540. The number of nitrogens with zero attached hydrogens (tertiary/aromatic N) is 2. The number of amides is 2. The lowest BCUT2D eigenvalue weighted by atomic mass is 9.98. The summed E-state index contributed by atoms with van der Waals surface area (Å²) in [5, 5.41) is 3.04. The van der Waals surface area contributed by atoms with Gasteiger partial charge in [-0.15, -0.1) is 0 Å². The summed E-state index contributed by atoms with van der Waals surface area (Å²) in [4.78, 5) is 27.8. The second-order valence-corrected chi connectivity index (χ2v) is 7.44. The van der Waals surface area contributed by atoms with Gasteiger partial charge in [-0.25, -0.2) is 0 Å². The van der Waals surface area contributed by atoms with Gasteiger partial charge in [0.1, 0.15) is 6.54 Å². The van der Waals surface area contributed by atoms with Crippen molar-refractivity contribution in [2.75, 3.05) is 31.9 Å². The molecular formula is C18H25N3O2S. The predicted molar refractivity (Wildman–Crippen MR) is 97.1 cm³/mol. The lowest BCUT2D eigenvalue weighted by Gasteiger charge is -2.35. The van der Waals surface area contributed by atoms with E-state index in [9.17, 15) is 9.59 Å². The molecule has 3 rings (SSSR count). The smallest absolute Gasteiger partial charge is 0.282 e. The summed E-state index contributed by atoms with van der Waals surface area (Å²) in [6.07, 6.45) is 2.07. The first-order chi connectivity index (χ1) is 11.7. The highest BCUT2D eigenvalue weighted by molar-refractivity contribution is 8.13. The number of rotatable bonds is 6. The summed E-state index contributed by atoms with van der Waals surface area (Å²) in [6.45, 7) is 5.66. The van der Waals surface area contributed by atoms with Crippen molar-refractivity contribution in [1.82, 2.24) is 15.1 Å². The zero-order valence-electron chi connectivity index (χ0n) is 14.2. The molecule has 2 heterocycles. The lowest BCUT2D eigenvalue weighted by molar-refractivity contribution is -0.121. The molecule has 0 aliphatic carbocycles. The summed E-state index contributed by atoms with van der Waals surface area (Å²) >= 11 is 1.29. The van der Waals surface area contributed by atoms with Crippen molar-refractivity contribution in [1.29, 1.82) is 0 Å². The third kappa shape index (κ3) is 4.11. The van der Waals surface area contributed by atoms with Crippen LogP contribution < -0.4 is 5.32 Å². The molecule has 6 heteroatoms. The van der Waals surface area contributed by atoms with Crippen molar-refractivity contribution in [3.63, 3.8) is 0 Å². The fourth-order valence-electron chi connectivity index (χ4n) is 3.39. The fraction of sp³-hybridized carbons (Fsp3) is 0.556. The first kappa shape index (κ1) is 17.3.